The summed E-state index contributed by atoms with van der Waals surface area (Å²) in [4.78, 5) is 9.85. The number of nitrogens with zero attached hydrogens (tertiary/aromatic N) is 3. The van der Waals surface area contributed by atoms with E-state index in [1.54, 1.807) is 0 Å². The lowest BCUT2D eigenvalue weighted by atomic mass is 10.0. The zero-order chi connectivity index (χ0) is 15.7. The molecular formula is C18H26N4. The number of rotatable bonds is 3. The Labute approximate surface area is 132 Å². The van der Waals surface area contributed by atoms with Gasteiger partial charge in [0.25, 0.3) is 0 Å². The van der Waals surface area contributed by atoms with Crippen molar-refractivity contribution in [3.8, 4) is 0 Å². The number of pyridine rings is 1. The van der Waals surface area contributed by atoms with E-state index in [-0.39, 0.29) is 0 Å². The minimum Gasteiger partial charge on any atom is -0.354 e. The topological polar surface area (TPSA) is 45.4 Å². The maximum absolute atomic E-state index is 5.82. The molecule has 1 aromatic heterocycles. The Balaban J connectivity index is 2.09. The van der Waals surface area contributed by atoms with Crippen LogP contribution in [0.5, 0.6) is 0 Å². The Bertz CT molecular complexity index is 672. The van der Waals surface area contributed by atoms with Crippen LogP contribution in [-0.4, -0.2) is 49.7 Å². The van der Waals surface area contributed by atoms with Gasteiger partial charge < -0.3 is 15.5 Å². The van der Waals surface area contributed by atoms with Gasteiger partial charge in [0.15, 0.2) is 0 Å². The molecule has 0 atom stereocenters. The fourth-order valence-electron chi connectivity index (χ4n) is 3.15. The predicted molar refractivity (Wildman–Crippen MR) is 93.7 cm³/mol. The van der Waals surface area contributed by atoms with Crippen molar-refractivity contribution >= 4 is 16.7 Å². The zero-order valence-corrected chi connectivity index (χ0v) is 13.9. The third-order valence-electron chi connectivity index (χ3n) is 4.78. The van der Waals surface area contributed by atoms with Crippen LogP contribution in [0.1, 0.15) is 16.7 Å². The molecule has 22 heavy (non-hydrogen) atoms. The Morgan fingerprint density at radius 1 is 1.14 bits per heavy atom. The summed E-state index contributed by atoms with van der Waals surface area (Å²) in [6, 6.07) is 6.65. The van der Waals surface area contributed by atoms with Crippen molar-refractivity contribution in [2.45, 2.75) is 20.3 Å². The summed E-state index contributed by atoms with van der Waals surface area (Å²) in [6.07, 6.45) is 0.886. The molecule has 1 fully saturated rings. The standard InChI is InChI=1S/C18H26N4/c1-13-4-5-15-12-16(6-7-19)18(20-17(15)14(13)2)22-10-8-21(3)9-11-22/h4-5,12H,6-11,19H2,1-3H3. The molecule has 4 nitrogen and oxygen atoms in total. The SMILES string of the molecule is Cc1ccc2cc(CCN)c(N3CCN(C)CC3)nc2c1C. The van der Waals surface area contributed by atoms with Gasteiger partial charge in [0.05, 0.1) is 5.52 Å². The maximum atomic E-state index is 5.82. The number of anilines is 1. The van der Waals surface area contributed by atoms with E-state index in [1.807, 2.05) is 0 Å². The van der Waals surface area contributed by atoms with Crippen LogP contribution < -0.4 is 10.6 Å². The fourth-order valence-corrected chi connectivity index (χ4v) is 3.15. The van der Waals surface area contributed by atoms with E-state index in [1.165, 1.54) is 22.1 Å². The van der Waals surface area contributed by atoms with E-state index in [4.69, 9.17) is 10.7 Å². The third-order valence-corrected chi connectivity index (χ3v) is 4.78. The van der Waals surface area contributed by atoms with Gasteiger partial charge in [0, 0.05) is 31.6 Å². The van der Waals surface area contributed by atoms with E-state index >= 15 is 0 Å². The smallest absolute Gasteiger partial charge is 0.132 e. The van der Waals surface area contributed by atoms with Gasteiger partial charge in [0.2, 0.25) is 0 Å². The monoisotopic (exact) mass is 298 g/mol. The number of fused-ring (bicyclic) bond motifs is 1. The number of nitrogens with two attached hydrogens (primary N) is 1. The third kappa shape index (κ3) is 2.81. The van der Waals surface area contributed by atoms with Crippen LogP contribution in [0.3, 0.4) is 0 Å². The van der Waals surface area contributed by atoms with E-state index < -0.39 is 0 Å². The van der Waals surface area contributed by atoms with Gasteiger partial charge in [-0.05, 0) is 56.6 Å². The number of piperazine rings is 1. The number of hydrogen-bond donors (Lipinski definition) is 1. The average molecular weight is 298 g/mol. The lowest BCUT2D eigenvalue weighted by molar-refractivity contribution is 0.312. The largest absolute Gasteiger partial charge is 0.354 e. The summed E-state index contributed by atoms with van der Waals surface area (Å²) >= 11 is 0. The van der Waals surface area contributed by atoms with E-state index in [0.29, 0.717) is 6.54 Å². The zero-order valence-electron chi connectivity index (χ0n) is 13.9. The molecule has 118 valence electrons. The van der Waals surface area contributed by atoms with Crippen molar-refractivity contribution in [1.82, 2.24) is 9.88 Å². The summed E-state index contributed by atoms with van der Waals surface area (Å²) in [5.74, 6) is 1.14. The average Bonchev–Trinajstić information content (AvgIpc) is 2.52. The number of aryl methyl sites for hydroxylation is 2. The van der Waals surface area contributed by atoms with Crippen molar-refractivity contribution in [3.05, 3.63) is 34.9 Å². The van der Waals surface area contributed by atoms with Crippen LogP contribution >= 0.6 is 0 Å². The molecule has 0 spiro atoms. The quantitative estimate of drug-likeness (QED) is 0.942. The molecule has 4 heteroatoms. The minimum absolute atomic E-state index is 0.665. The van der Waals surface area contributed by atoms with E-state index in [0.717, 1.165) is 43.9 Å². The molecule has 0 unspecified atom stereocenters. The van der Waals surface area contributed by atoms with Crippen LogP contribution in [-0.2, 0) is 6.42 Å². The molecule has 0 radical (unpaired) electrons. The molecule has 0 bridgehead atoms. The second-order valence-electron chi connectivity index (χ2n) is 6.38. The molecule has 2 heterocycles. The van der Waals surface area contributed by atoms with Crippen LogP contribution in [0.25, 0.3) is 10.9 Å². The summed E-state index contributed by atoms with van der Waals surface area (Å²) in [6.45, 7) is 9.25. The van der Waals surface area contributed by atoms with Gasteiger partial charge in [-0.15, -0.1) is 0 Å². The molecule has 2 aromatic rings. The highest BCUT2D eigenvalue weighted by Crippen LogP contribution is 2.28. The molecular weight excluding hydrogens is 272 g/mol. The number of aromatic nitrogens is 1. The summed E-state index contributed by atoms with van der Waals surface area (Å²) in [7, 11) is 2.18. The minimum atomic E-state index is 0.665. The van der Waals surface area contributed by atoms with Crippen LogP contribution in [0, 0.1) is 13.8 Å². The Kier molecular flexibility index (Phi) is 4.32. The second-order valence-corrected chi connectivity index (χ2v) is 6.38. The summed E-state index contributed by atoms with van der Waals surface area (Å²) in [5, 5.41) is 1.23. The van der Waals surface area contributed by atoms with Gasteiger partial charge >= 0.3 is 0 Å². The van der Waals surface area contributed by atoms with Gasteiger partial charge in [-0.25, -0.2) is 4.98 Å². The number of benzene rings is 1. The molecule has 0 aliphatic carbocycles. The fraction of sp³-hybridized carbons (Fsp3) is 0.500. The Hall–Kier alpha value is -1.65. The number of hydrogen-bond acceptors (Lipinski definition) is 4. The molecule has 1 aromatic carbocycles. The highest BCUT2D eigenvalue weighted by molar-refractivity contribution is 5.85. The highest BCUT2D eigenvalue weighted by atomic mass is 15.3. The van der Waals surface area contributed by atoms with Gasteiger partial charge in [0.1, 0.15) is 5.82 Å². The number of likely N-dealkylation sites (N-methyl/N-ethyl adjacent to an activating group) is 1. The first kappa shape index (κ1) is 15.3. The first-order valence-corrected chi connectivity index (χ1v) is 8.13. The summed E-state index contributed by atoms with van der Waals surface area (Å²) < 4.78 is 0. The van der Waals surface area contributed by atoms with Gasteiger partial charge in [-0.1, -0.05) is 12.1 Å². The molecule has 0 saturated carbocycles. The lowest BCUT2D eigenvalue weighted by Gasteiger charge is -2.34. The Morgan fingerprint density at radius 3 is 2.55 bits per heavy atom. The molecule has 1 aliphatic rings. The molecule has 0 amide bonds. The maximum Gasteiger partial charge on any atom is 0.132 e. The predicted octanol–water partition coefficient (Wildman–Crippen LogP) is 2.10. The molecule has 1 aliphatic heterocycles. The van der Waals surface area contributed by atoms with Crippen molar-refractivity contribution < 1.29 is 0 Å². The molecule has 3 rings (SSSR count). The van der Waals surface area contributed by atoms with E-state index in [9.17, 15) is 0 Å². The normalized spacial score (nSPS) is 16.5. The molecule has 2 N–H and O–H groups in total. The lowest BCUT2D eigenvalue weighted by Crippen LogP contribution is -2.45. The van der Waals surface area contributed by atoms with E-state index in [2.05, 4.69) is 48.9 Å². The van der Waals surface area contributed by atoms with Gasteiger partial charge in [-0.2, -0.15) is 0 Å². The first-order chi connectivity index (χ1) is 10.6. The first-order valence-electron chi connectivity index (χ1n) is 8.13. The van der Waals surface area contributed by atoms with Crippen molar-refractivity contribution in [3.63, 3.8) is 0 Å². The van der Waals surface area contributed by atoms with Crippen molar-refractivity contribution in [2.24, 2.45) is 5.73 Å². The second kappa shape index (κ2) is 6.23. The Morgan fingerprint density at radius 2 is 1.86 bits per heavy atom. The van der Waals surface area contributed by atoms with Crippen LogP contribution in [0.2, 0.25) is 0 Å². The summed E-state index contributed by atoms with van der Waals surface area (Å²) in [5.41, 5.74) is 10.8. The van der Waals surface area contributed by atoms with Crippen LogP contribution in [0.15, 0.2) is 18.2 Å². The van der Waals surface area contributed by atoms with Crippen LogP contribution in [0.4, 0.5) is 5.82 Å². The highest BCUT2D eigenvalue weighted by Gasteiger charge is 2.19. The molecule has 1 saturated heterocycles. The van der Waals surface area contributed by atoms with Crippen molar-refractivity contribution in [2.75, 3.05) is 44.7 Å². The van der Waals surface area contributed by atoms with Gasteiger partial charge in [-0.3, -0.25) is 0 Å². The van der Waals surface area contributed by atoms with Crippen molar-refractivity contribution in [1.29, 1.82) is 0 Å².